The summed E-state index contributed by atoms with van der Waals surface area (Å²) in [5.41, 5.74) is 1.09. The van der Waals surface area contributed by atoms with E-state index in [0.29, 0.717) is 24.8 Å². The fraction of sp³-hybridized carbons (Fsp3) is 0.389. The average Bonchev–Trinajstić information content (AvgIpc) is 2.63. The van der Waals surface area contributed by atoms with Crippen LogP contribution in [0.1, 0.15) is 29.5 Å². The van der Waals surface area contributed by atoms with Gasteiger partial charge in [0.05, 0.1) is 13.7 Å². The fourth-order valence-electron chi connectivity index (χ4n) is 2.10. The molecule has 0 unspecified atom stereocenters. The summed E-state index contributed by atoms with van der Waals surface area (Å²) < 4.78 is 10.7. The number of aryl methyl sites for hydroxylation is 1. The first-order valence-electron chi connectivity index (χ1n) is 8.27. The smallest absolute Gasteiger partial charge is 0.270 e. The molecule has 0 saturated heterocycles. The van der Waals surface area contributed by atoms with E-state index in [9.17, 15) is 4.79 Å². The van der Waals surface area contributed by atoms with E-state index in [1.807, 2.05) is 31.2 Å². The van der Waals surface area contributed by atoms with Crippen LogP contribution in [0, 0.1) is 6.92 Å². The van der Waals surface area contributed by atoms with Gasteiger partial charge in [-0.2, -0.15) is 0 Å². The molecule has 25 heavy (non-hydrogen) atoms. The largest absolute Gasteiger partial charge is 0.497 e. The monoisotopic (exact) mass is 344 g/mol. The normalized spacial score (nSPS) is 10.2. The summed E-state index contributed by atoms with van der Waals surface area (Å²) in [4.78, 5) is 20.7. The molecule has 0 aliphatic carbocycles. The Kier molecular flexibility index (Phi) is 7.00. The Morgan fingerprint density at radius 3 is 2.52 bits per heavy atom. The molecule has 7 heteroatoms. The van der Waals surface area contributed by atoms with Crippen LogP contribution in [0.4, 0.5) is 5.95 Å². The van der Waals surface area contributed by atoms with E-state index < -0.39 is 0 Å². The molecule has 2 aromatic rings. The average molecular weight is 344 g/mol. The highest BCUT2D eigenvalue weighted by Crippen LogP contribution is 2.16. The third-order valence-corrected chi connectivity index (χ3v) is 3.34. The van der Waals surface area contributed by atoms with Crippen molar-refractivity contribution in [2.45, 2.75) is 20.3 Å². The number of nitrogens with one attached hydrogen (secondary N) is 2. The summed E-state index contributed by atoms with van der Waals surface area (Å²) in [6, 6.07) is 8.95. The minimum absolute atomic E-state index is 0.247. The molecule has 0 spiro atoms. The van der Waals surface area contributed by atoms with E-state index in [2.05, 4.69) is 27.5 Å². The molecule has 0 aliphatic rings. The van der Waals surface area contributed by atoms with E-state index in [1.54, 1.807) is 13.2 Å². The number of carbonyl (C=O) groups excluding carboxylic acids is 1. The van der Waals surface area contributed by atoms with E-state index in [4.69, 9.17) is 9.47 Å². The Morgan fingerprint density at radius 2 is 1.84 bits per heavy atom. The van der Waals surface area contributed by atoms with Crippen LogP contribution < -0.4 is 20.1 Å². The topological polar surface area (TPSA) is 85.4 Å². The predicted octanol–water partition coefficient (Wildman–Crippen LogP) is 2.42. The number of hydrogen-bond donors (Lipinski definition) is 2. The molecule has 134 valence electrons. The van der Waals surface area contributed by atoms with Crippen molar-refractivity contribution in [3.05, 3.63) is 41.7 Å². The van der Waals surface area contributed by atoms with Crippen LogP contribution in [-0.2, 0) is 0 Å². The summed E-state index contributed by atoms with van der Waals surface area (Å²) in [6.45, 7) is 5.40. The summed E-state index contributed by atoms with van der Waals surface area (Å²) in [5, 5.41) is 5.89. The minimum atomic E-state index is -0.247. The number of benzene rings is 1. The molecule has 0 radical (unpaired) electrons. The highest BCUT2D eigenvalue weighted by Gasteiger charge is 2.10. The molecule has 1 aromatic heterocycles. The SMILES string of the molecule is CCCNc1nc(C)cc(C(=O)NCCOc2ccc(OC)cc2)n1. The number of methoxy groups -OCH3 is 1. The zero-order valence-electron chi connectivity index (χ0n) is 14.8. The van der Waals surface area contributed by atoms with Crippen LogP contribution in [-0.4, -0.2) is 42.7 Å². The Labute approximate surface area is 147 Å². The molecule has 7 nitrogen and oxygen atoms in total. The van der Waals surface area contributed by atoms with Gasteiger partial charge in [0.15, 0.2) is 0 Å². The van der Waals surface area contributed by atoms with Gasteiger partial charge in [-0.15, -0.1) is 0 Å². The molecule has 1 aromatic carbocycles. The van der Waals surface area contributed by atoms with Gasteiger partial charge in [-0.05, 0) is 43.7 Å². The number of anilines is 1. The Bertz CT molecular complexity index is 689. The lowest BCUT2D eigenvalue weighted by Crippen LogP contribution is -2.29. The lowest BCUT2D eigenvalue weighted by molar-refractivity contribution is 0.0942. The van der Waals surface area contributed by atoms with Crippen molar-refractivity contribution in [2.24, 2.45) is 0 Å². The van der Waals surface area contributed by atoms with Gasteiger partial charge in [0.1, 0.15) is 23.8 Å². The van der Waals surface area contributed by atoms with Gasteiger partial charge in [0.25, 0.3) is 5.91 Å². The minimum Gasteiger partial charge on any atom is -0.497 e. The van der Waals surface area contributed by atoms with Gasteiger partial charge in [-0.25, -0.2) is 9.97 Å². The van der Waals surface area contributed by atoms with E-state index >= 15 is 0 Å². The molecule has 2 rings (SSSR count). The highest BCUT2D eigenvalue weighted by atomic mass is 16.5. The number of ether oxygens (including phenoxy) is 2. The number of aromatic nitrogens is 2. The van der Waals surface area contributed by atoms with Crippen LogP contribution >= 0.6 is 0 Å². The fourth-order valence-corrected chi connectivity index (χ4v) is 2.10. The van der Waals surface area contributed by atoms with Gasteiger partial charge in [-0.1, -0.05) is 6.92 Å². The first kappa shape index (κ1) is 18.5. The molecule has 2 N–H and O–H groups in total. The molecule has 1 amide bonds. The van der Waals surface area contributed by atoms with Crippen LogP contribution in [0.25, 0.3) is 0 Å². The number of hydrogen-bond acceptors (Lipinski definition) is 6. The standard InChI is InChI=1S/C18H24N4O3/c1-4-9-20-18-21-13(2)12-16(22-18)17(23)19-10-11-25-15-7-5-14(24-3)6-8-15/h5-8,12H,4,9-11H2,1-3H3,(H,19,23)(H,20,21,22). The van der Waals surface area contributed by atoms with Crippen LogP contribution in [0.3, 0.4) is 0 Å². The molecule has 0 atom stereocenters. The molecule has 0 aliphatic heterocycles. The van der Waals surface area contributed by atoms with Crippen molar-refractivity contribution in [3.63, 3.8) is 0 Å². The number of nitrogens with zero attached hydrogens (tertiary/aromatic N) is 2. The first-order valence-corrected chi connectivity index (χ1v) is 8.27. The Morgan fingerprint density at radius 1 is 1.12 bits per heavy atom. The van der Waals surface area contributed by atoms with Gasteiger partial charge in [-0.3, -0.25) is 4.79 Å². The number of carbonyl (C=O) groups is 1. The lowest BCUT2D eigenvalue weighted by Gasteiger charge is -2.09. The third-order valence-electron chi connectivity index (χ3n) is 3.34. The van der Waals surface area contributed by atoms with Crippen molar-refractivity contribution < 1.29 is 14.3 Å². The predicted molar refractivity (Wildman–Crippen MR) is 96.4 cm³/mol. The molecule has 0 saturated carbocycles. The summed E-state index contributed by atoms with van der Waals surface area (Å²) >= 11 is 0. The molecular formula is C18H24N4O3. The molecule has 1 heterocycles. The quantitative estimate of drug-likeness (QED) is 0.680. The van der Waals surface area contributed by atoms with Gasteiger partial charge in [0, 0.05) is 12.2 Å². The summed E-state index contributed by atoms with van der Waals surface area (Å²) in [6.07, 6.45) is 0.960. The molecule has 0 fully saturated rings. The second-order valence-corrected chi connectivity index (χ2v) is 5.42. The number of rotatable bonds is 9. The maximum atomic E-state index is 12.2. The second-order valence-electron chi connectivity index (χ2n) is 5.42. The van der Waals surface area contributed by atoms with E-state index in [-0.39, 0.29) is 5.91 Å². The first-order chi connectivity index (χ1) is 12.1. The van der Waals surface area contributed by atoms with Crippen LogP contribution in [0.2, 0.25) is 0 Å². The van der Waals surface area contributed by atoms with E-state index in [0.717, 1.165) is 30.2 Å². The van der Waals surface area contributed by atoms with Crippen molar-refractivity contribution in [2.75, 3.05) is 32.1 Å². The zero-order valence-corrected chi connectivity index (χ0v) is 14.8. The number of amides is 1. The Balaban J connectivity index is 1.82. The Hall–Kier alpha value is -2.83. The second kappa shape index (κ2) is 9.46. The van der Waals surface area contributed by atoms with Crippen molar-refractivity contribution >= 4 is 11.9 Å². The van der Waals surface area contributed by atoms with Gasteiger partial charge < -0.3 is 20.1 Å². The van der Waals surface area contributed by atoms with Crippen LogP contribution in [0.5, 0.6) is 11.5 Å². The highest BCUT2D eigenvalue weighted by molar-refractivity contribution is 5.92. The molecular weight excluding hydrogens is 320 g/mol. The third kappa shape index (κ3) is 5.95. The zero-order chi connectivity index (χ0) is 18.1. The summed E-state index contributed by atoms with van der Waals surface area (Å²) in [7, 11) is 1.61. The maximum absolute atomic E-state index is 12.2. The van der Waals surface area contributed by atoms with Gasteiger partial charge >= 0.3 is 0 Å². The lowest BCUT2D eigenvalue weighted by atomic mass is 10.3. The molecule has 0 bridgehead atoms. The van der Waals surface area contributed by atoms with Crippen molar-refractivity contribution in [1.29, 1.82) is 0 Å². The maximum Gasteiger partial charge on any atom is 0.270 e. The van der Waals surface area contributed by atoms with Crippen molar-refractivity contribution in [3.8, 4) is 11.5 Å². The van der Waals surface area contributed by atoms with E-state index in [1.165, 1.54) is 0 Å². The van der Waals surface area contributed by atoms with Gasteiger partial charge in [0.2, 0.25) is 5.95 Å². The summed E-state index contributed by atoms with van der Waals surface area (Å²) in [5.74, 6) is 1.72. The van der Waals surface area contributed by atoms with Crippen LogP contribution in [0.15, 0.2) is 30.3 Å². The van der Waals surface area contributed by atoms with Crippen molar-refractivity contribution in [1.82, 2.24) is 15.3 Å².